The van der Waals surface area contributed by atoms with Crippen LogP contribution in [0.5, 0.6) is 5.75 Å². The number of rotatable bonds is 7. The van der Waals surface area contributed by atoms with Crippen molar-refractivity contribution >= 4 is 21.6 Å². The Hall–Kier alpha value is -1.08. The van der Waals surface area contributed by atoms with E-state index in [1.54, 1.807) is 12.1 Å². The highest BCUT2D eigenvalue weighted by atomic mass is 79.9. The van der Waals surface area contributed by atoms with Gasteiger partial charge in [-0.2, -0.15) is 0 Å². The van der Waals surface area contributed by atoms with Gasteiger partial charge in [0, 0.05) is 17.5 Å². The number of benzene rings is 1. The summed E-state index contributed by atoms with van der Waals surface area (Å²) in [5.74, 6) is 0.827. The van der Waals surface area contributed by atoms with E-state index in [9.17, 15) is 0 Å². The minimum atomic E-state index is 0.546. The summed E-state index contributed by atoms with van der Waals surface area (Å²) in [6.07, 6.45) is 4.76. The molecule has 1 rings (SSSR count). The van der Waals surface area contributed by atoms with Crippen molar-refractivity contribution in [1.82, 2.24) is 0 Å². The summed E-state index contributed by atoms with van der Waals surface area (Å²) in [5.41, 5.74) is 0.546. The third-order valence-corrected chi connectivity index (χ3v) is 2.81. The van der Waals surface area contributed by atoms with Gasteiger partial charge in [0.25, 0.3) is 0 Å². The smallest absolute Gasteiger partial charge is 0.385 e. The molecule has 0 aliphatic heterocycles. The molecule has 0 aromatic heterocycles. The molecular formula is C12H16BrN2O+. The molecule has 0 N–H and O–H groups in total. The molecule has 1 aromatic rings. The first kappa shape index (κ1) is 13.0. The molecule has 86 valence electrons. The fraction of sp³-hybridized carbons (Fsp3) is 0.500. The number of alkyl halides is 1. The van der Waals surface area contributed by atoms with Gasteiger partial charge in [-0.25, -0.2) is 0 Å². The minimum absolute atomic E-state index is 0.546. The van der Waals surface area contributed by atoms with Crippen molar-refractivity contribution < 1.29 is 4.74 Å². The molecule has 0 radical (unpaired) electrons. The Morgan fingerprint density at radius 1 is 1.06 bits per heavy atom. The first-order valence-corrected chi connectivity index (χ1v) is 6.63. The predicted molar refractivity (Wildman–Crippen MR) is 68.9 cm³/mol. The maximum atomic E-state index is 8.51. The van der Waals surface area contributed by atoms with Crippen LogP contribution in [-0.2, 0) is 0 Å². The van der Waals surface area contributed by atoms with E-state index < -0.39 is 0 Å². The average molecular weight is 284 g/mol. The van der Waals surface area contributed by atoms with Crippen LogP contribution in [-0.4, -0.2) is 11.9 Å². The standard InChI is InChI=1S/C12H16BrN2O/c13-9-3-1-2-4-10-16-12-7-5-11(15-14)6-8-12/h5-8H,1-4,9-10H2/q+1. The Morgan fingerprint density at radius 2 is 1.75 bits per heavy atom. The molecule has 0 unspecified atom stereocenters. The molecule has 0 fully saturated rings. The Labute approximate surface area is 105 Å². The predicted octanol–water partition coefficient (Wildman–Crippen LogP) is 4.51. The van der Waals surface area contributed by atoms with Crippen LogP contribution in [0.25, 0.3) is 4.98 Å². The molecule has 0 spiro atoms. The molecule has 0 atom stereocenters. The van der Waals surface area contributed by atoms with Crippen molar-refractivity contribution in [1.29, 1.82) is 5.39 Å². The van der Waals surface area contributed by atoms with Crippen molar-refractivity contribution in [3.63, 3.8) is 0 Å². The number of hydrogen-bond donors (Lipinski definition) is 0. The zero-order valence-corrected chi connectivity index (χ0v) is 10.8. The summed E-state index contributed by atoms with van der Waals surface area (Å²) < 4.78 is 5.55. The van der Waals surface area contributed by atoms with Crippen molar-refractivity contribution in [3.05, 3.63) is 29.2 Å². The normalized spacial score (nSPS) is 9.75. The largest absolute Gasteiger partial charge is 0.494 e. The van der Waals surface area contributed by atoms with Crippen molar-refractivity contribution in [2.75, 3.05) is 11.9 Å². The zero-order chi connectivity index (χ0) is 11.6. The Balaban J connectivity index is 2.15. The number of unbranched alkanes of at least 4 members (excludes halogenated alkanes) is 3. The van der Waals surface area contributed by atoms with Crippen LogP contribution >= 0.6 is 15.9 Å². The van der Waals surface area contributed by atoms with Crippen LogP contribution in [0, 0.1) is 5.39 Å². The van der Waals surface area contributed by atoms with E-state index in [1.807, 2.05) is 12.1 Å². The molecule has 3 nitrogen and oxygen atoms in total. The van der Waals surface area contributed by atoms with Crippen LogP contribution < -0.4 is 4.74 Å². The van der Waals surface area contributed by atoms with Crippen LogP contribution in [0.4, 0.5) is 5.69 Å². The monoisotopic (exact) mass is 283 g/mol. The van der Waals surface area contributed by atoms with Gasteiger partial charge in [0.2, 0.25) is 5.39 Å². The van der Waals surface area contributed by atoms with Gasteiger partial charge in [0.15, 0.2) is 4.98 Å². The molecule has 0 bridgehead atoms. The first-order valence-electron chi connectivity index (χ1n) is 5.51. The second-order valence-electron chi connectivity index (χ2n) is 3.55. The average Bonchev–Trinajstić information content (AvgIpc) is 2.34. The number of ether oxygens (including phenoxy) is 1. The molecule has 0 saturated carbocycles. The fourth-order valence-electron chi connectivity index (χ4n) is 1.35. The minimum Gasteiger partial charge on any atom is -0.494 e. The molecular weight excluding hydrogens is 268 g/mol. The summed E-state index contributed by atoms with van der Waals surface area (Å²) in [6.45, 7) is 0.748. The second kappa shape index (κ2) is 8.12. The third kappa shape index (κ3) is 5.13. The molecule has 0 aliphatic rings. The number of halogens is 1. The van der Waals surface area contributed by atoms with Gasteiger partial charge in [0.05, 0.1) is 6.61 Å². The summed E-state index contributed by atoms with van der Waals surface area (Å²) >= 11 is 3.41. The maximum Gasteiger partial charge on any atom is 0.385 e. The topological polar surface area (TPSA) is 37.4 Å². The fourth-order valence-corrected chi connectivity index (χ4v) is 1.75. The Kier molecular flexibility index (Phi) is 6.59. The van der Waals surface area contributed by atoms with Crippen molar-refractivity contribution in [2.24, 2.45) is 0 Å². The van der Waals surface area contributed by atoms with Crippen LogP contribution in [0.3, 0.4) is 0 Å². The van der Waals surface area contributed by atoms with Crippen LogP contribution in [0.2, 0.25) is 0 Å². The quantitative estimate of drug-likeness (QED) is 0.420. The third-order valence-electron chi connectivity index (χ3n) is 2.25. The van der Waals surface area contributed by atoms with Gasteiger partial charge < -0.3 is 4.74 Å². The van der Waals surface area contributed by atoms with Crippen LogP contribution in [0.1, 0.15) is 25.7 Å². The van der Waals surface area contributed by atoms with E-state index in [0.29, 0.717) is 5.69 Å². The lowest BCUT2D eigenvalue weighted by Crippen LogP contribution is -1.96. The lowest BCUT2D eigenvalue weighted by molar-refractivity contribution is 0.305. The Morgan fingerprint density at radius 3 is 2.38 bits per heavy atom. The Bertz CT molecular complexity index is 332. The zero-order valence-electron chi connectivity index (χ0n) is 9.23. The van der Waals surface area contributed by atoms with E-state index in [2.05, 4.69) is 20.9 Å². The van der Waals surface area contributed by atoms with Gasteiger partial charge in [-0.1, -0.05) is 28.8 Å². The second-order valence-corrected chi connectivity index (χ2v) is 4.34. The highest BCUT2D eigenvalue weighted by Crippen LogP contribution is 2.18. The maximum absolute atomic E-state index is 8.51. The molecule has 16 heavy (non-hydrogen) atoms. The highest BCUT2D eigenvalue weighted by molar-refractivity contribution is 9.09. The number of nitrogens with zero attached hydrogens (tertiary/aromatic N) is 2. The molecule has 0 aliphatic carbocycles. The van der Waals surface area contributed by atoms with Gasteiger partial charge >= 0.3 is 5.69 Å². The summed E-state index contributed by atoms with van der Waals surface area (Å²) in [4.78, 5) is 3.08. The van der Waals surface area contributed by atoms with Gasteiger partial charge in [0.1, 0.15) is 5.75 Å². The van der Waals surface area contributed by atoms with Crippen LogP contribution in [0.15, 0.2) is 24.3 Å². The van der Waals surface area contributed by atoms with Crippen molar-refractivity contribution in [3.8, 4) is 5.75 Å². The SMILES string of the molecule is N#[N+]c1ccc(OCCCCCCBr)cc1. The van der Waals surface area contributed by atoms with E-state index in [1.165, 1.54) is 19.3 Å². The summed E-state index contributed by atoms with van der Waals surface area (Å²) in [7, 11) is 0. The molecule has 0 saturated heterocycles. The molecule has 1 aromatic carbocycles. The van der Waals surface area contributed by atoms with E-state index >= 15 is 0 Å². The van der Waals surface area contributed by atoms with E-state index in [0.717, 1.165) is 24.1 Å². The van der Waals surface area contributed by atoms with Gasteiger partial charge in [-0.15, -0.1) is 0 Å². The van der Waals surface area contributed by atoms with Gasteiger partial charge in [-0.05, 0) is 25.0 Å². The number of diazo groups is 1. The van der Waals surface area contributed by atoms with Crippen molar-refractivity contribution in [2.45, 2.75) is 25.7 Å². The summed E-state index contributed by atoms with van der Waals surface area (Å²) in [5, 5.41) is 9.59. The highest BCUT2D eigenvalue weighted by Gasteiger charge is 2.02. The first-order chi connectivity index (χ1) is 7.86. The lowest BCUT2D eigenvalue weighted by atomic mass is 10.2. The number of hydrogen-bond acceptors (Lipinski definition) is 2. The van der Waals surface area contributed by atoms with E-state index in [4.69, 9.17) is 10.1 Å². The van der Waals surface area contributed by atoms with E-state index in [-0.39, 0.29) is 0 Å². The van der Waals surface area contributed by atoms with Gasteiger partial charge in [-0.3, -0.25) is 0 Å². The molecule has 0 heterocycles. The summed E-state index contributed by atoms with van der Waals surface area (Å²) in [6, 6.07) is 7.07. The lowest BCUT2D eigenvalue weighted by Gasteiger charge is -2.04. The molecule has 4 heteroatoms. The molecule has 0 amide bonds.